The largest absolute Gasteiger partial charge is 0.606 e. The van der Waals surface area contributed by atoms with Crippen LogP contribution >= 0.6 is 8.17 Å². The maximum absolute atomic E-state index is 12.7. The lowest BCUT2D eigenvalue weighted by molar-refractivity contribution is -0.870. The van der Waals surface area contributed by atoms with Crippen LogP contribution in [0.4, 0.5) is 0 Å². The first-order chi connectivity index (χ1) is 27.4. The van der Waals surface area contributed by atoms with Crippen LogP contribution in [-0.2, 0) is 28.1 Å². The average molecular weight is 827 g/mol. The average Bonchev–Trinajstić information content (AvgIpc) is 3.15. The zero-order chi connectivity index (χ0) is 42.3. The number of quaternary nitrogens is 1. The molecule has 2 unspecified atom stereocenters. The number of unbranched alkanes of at least 4 members (excludes halogenated alkanes) is 18. The van der Waals surface area contributed by atoms with Crippen LogP contribution in [0.5, 0.6) is 0 Å². The van der Waals surface area contributed by atoms with E-state index in [0.717, 1.165) is 32.1 Å². The number of allylic oxidation sites excluding steroid dienone is 6. The van der Waals surface area contributed by atoms with Crippen LogP contribution in [0.3, 0.4) is 0 Å². The number of nitrogens with zero attached hydrogens (tertiary/aromatic N) is 1. The van der Waals surface area contributed by atoms with Gasteiger partial charge in [-0.25, -0.2) is 0 Å². The Hall–Kier alpha value is -1.91. The number of hydrogen-bond acceptors (Lipinski definition) is 9. The zero-order valence-corrected chi connectivity index (χ0v) is 37.8. The third kappa shape index (κ3) is 42.0. The summed E-state index contributed by atoms with van der Waals surface area (Å²) < 4.78 is 21.7. The first kappa shape index (κ1) is 55.1. The molecule has 10 nitrogen and oxygen atoms in total. The first-order valence-electron chi connectivity index (χ1n) is 22.5. The molecule has 0 saturated carbocycles. The molecule has 0 saturated heterocycles. The number of likely N-dealkylation sites (N-methyl/N-ethyl adjacent to an activating group) is 1. The number of phosphoric ester groups is 1. The van der Waals surface area contributed by atoms with Gasteiger partial charge >= 0.3 is 20.1 Å². The van der Waals surface area contributed by atoms with E-state index in [1.54, 1.807) is 6.08 Å². The van der Waals surface area contributed by atoms with Gasteiger partial charge in [0.2, 0.25) is 0 Å². The quantitative estimate of drug-likeness (QED) is 0.0155. The topological polar surface area (TPSA) is 135 Å². The maximum atomic E-state index is 12.7. The monoisotopic (exact) mass is 827 g/mol. The van der Waals surface area contributed by atoms with Crippen molar-refractivity contribution in [1.29, 1.82) is 0 Å². The van der Waals surface area contributed by atoms with Gasteiger partial charge in [-0.2, -0.15) is 13.9 Å². The van der Waals surface area contributed by atoms with Crippen LogP contribution in [0.15, 0.2) is 48.6 Å². The Morgan fingerprint density at radius 1 is 0.649 bits per heavy atom. The number of carbonyl (C=O) groups excluding carboxylic acids is 2. The minimum absolute atomic E-state index is 0.0102. The van der Waals surface area contributed by atoms with E-state index >= 15 is 0 Å². The van der Waals surface area contributed by atoms with Crippen molar-refractivity contribution in [2.75, 3.05) is 47.5 Å². The van der Waals surface area contributed by atoms with Crippen molar-refractivity contribution in [3.05, 3.63) is 48.6 Å². The van der Waals surface area contributed by atoms with E-state index in [9.17, 15) is 24.5 Å². The van der Waals surface area contributed by atoms with Gasteiger partial charge in [0.15, 0.2) is 6.10 Å². The fourth-order valence-electron chi connectivity index (χ4n) is 5.86. The molecule has 0 aliphatic rings. The first-order valence-corrected chi connectivity index (χ1v) is 24.0. The van der Waals surface area contributed by atoms with Gasteiger partial charge in [0, 0.05) is 12.8 Å². The third-order valence-electron chi connectivity index (χ3n) is 9.44. The molecule has 0 spiro atoms. The van der Waals surface area contributed by atoms with E-state index in [0.29, 0.717) is 30.3 Å². The molecule has 0 heterocycles. The molecule has 0 rings (SSSR count). The minimum atomic E-state index is -4.40. The molecular weight excluding hydrogens is 741 g/mol. The number of carbonyl (C=O) groups is 2. The van der Waals surface area contributed by atoms with Crippen molar-refractivity contribution in [3.8, 4) is 0 Å². The lowest BCUT2D eigenvalue weighted by atomic mass is 10.0. The SMILES string of the molecule is CCCCC/C=C\C[C@H](O)/C=C/C=C\C/C=C\CCCC(=O)OC(COC(=O)CCCCCCCCCCCCCCCCC)CO[P+]([O-])(O)OCC[N+](C)(C)C. The summed E-state index contributed by atoms with van der Waals surface area (Å²) >= 11 is 0. The van der Waals surface area contributed by atoms with E-state index in [4.69, 9.17) is 18.5 Å². The van der Waals surface area contributed by atoms with E-state index in [1.807, 2.05) is 57.6 Å². The molecule has 0 aliphatic heterocycles. The van der Waals surface area contributed by atoms with Crippen LogP contribution < -0.4 is 4.89 Å². The second-order valence-corrected chi connectivity index (χ2v) is 17.7. The fraction of sp³-hybridized carbons (Fsp3) is 0.783. The molecule has 0 aromatic carbocycles. The number of aliphatic hydroxyl groups excluding tert-OH is 1. The fourth-order valence-corrected chi connectivity index (χ4v) is 6.60. The van der Waals surface area contributed by atoms with Gasteiger partial charge in [-0.3, -0.25) is 9.59 Å². The highest BCUT2D eigenvalue weighted by atomic mass is 31.2. The van der Waals surface area contributed by atoms with Gasteiger partial charge in [0.05, 0.1) is 27.2 Å². The summed E-state index contributed by atoms with van der Waals surface area (Å²) in [6, 6.07) is 0. The summed E-state index contributed by atoms with van der Waals surface area (Å²) in [6.07, 6.45) is 40.5. The van der Waals surface area contributed by atoms with Crippen molar-refractivity contribution in [3.63, 3.8) is 0 Å². The summed E-state index contributed by atoms with van der Waals surface area (Å²) in [5.74, 6) is -0.901. The van der Waals surface area contributed by atoms with Gasteiger partial charge in [0.1, 0.15) is 26.4 Å². The summed E-state index contributed by atoms with van der Waals surface area (Å²) in [6.45, 7) is 4.24. The molecule has 0 fully saturated rings. The highest BCUT2D eigenvalue weighted by Crippen LogP contribution is 2.47. The van der Waals surface area contributed by atoms with Crippen molar-refractivity contribution < 1.29 is 47.5 Å². The number of hydrogen-bond donors (Lipinski definition) is 2. The summed E-state index contributed by atoms with van der Waals surface area (Å²) in [4.78, 5) is 47.8. The zero-order valence-electron chi connectivity index (χ0n) is 36.9. The molecule has 0 aromatic rings. The predicted molar refractivity (Wildman–Crippen MR) is 234 cm³/mol. The highest BCUT2D eigenvalue weighted by Gasteiger charge is 2.31. The van der Waals surface area contributed by atoms with Gasteiger partial charge in [-0.05, 0) is 44.9 Å². The van der Waals surface area contributed by atoms with Crippen molar-refractivity contribution in [1.82, 2.24) is 0 Å². The predicted octanol–water partition coefficient (Wildman–Crippen LogP) is 10.6. The van der Waals surface area contributed by atoms with E-state index in [-0.39, 0.29) is 26.1 Å². The molecule has 11 heteroatoms. The Labute approximate surface area is 349 Å². The lowest BCUT2D eigenvalue weighted by Gasteiger charge is -2.26. The molecule has 0 radical (unpaired) electrons. The molecule has 0 aromatic heterocycles. The smallest absolute Gasteiger partial charge is 0.377 e. The minimum Gasteiger partial charge on any atom is -0.606 e. The van der Waals surface area contributed by atoms with Crippen LogP contribution in [0.25, 0.3) is 0 Å². The Morgan fingerprint density at radius 3 is 1.81 bits per heavy atom. The molecule has 2 N–H and O–H groups in total. The summed E-state index contributed by atoms with van der Waals surface area (Å²) in [5.41, 5.74) is 0. The van der Waals surface area contributed by atoms with Gasteiger partial charge in [0.25, 0.3) is 0 Å². The van der Waals surface area contributed by atoms with Crippen molar-refractivity contribution in [2.24, 2.45) is 0 Å². The van der Waals surface area contributed by atoms with Crippen LogP contribution in [-0.4, -0.2) is 86.1 Å². The highest BCUT2D eigenvalue weighted by molar-refractivity contribution is 7.52. The number of phosphoric acid groups is 1. The Kier molecular flexibility index (Phi) is 37.0. The molecule has 3 atom stereocenters. The molecule has 332 valence electrons. The Balaban J connectivity index is 4.50. The number of aliphatic hydroxyl groups is 1. The van der Waals surface area contributed by atoms with E-state index in [1.165, 1.54) is 96.3 Å². The summed E-state index contributed by atoms with van der Waals surface area (Å²) in [5, 5.41) is 10.0. The van der Waals surface area contributed by atoms with Gasteiger partial charge in [-0.15, -0.1) is 0 Å². The Morgan fingerprint density at radius 2 is 1.19 bits per heavy atom. The lowest BCUT2D eigenvalue weighted by Crippen LogP contribution is -2.38. The standard InChI is InChI=1S/C46H84NO9P/c1-6-8-10-12-14-15-16-17-18-19-20-21-25-29-33-37-45(49)53-41-44(42-55-57(51,52)54-40-39-47(3,4)5)56-46(50)38-34-30-26-23-22-24-28-32-36-43(48)35-31-27-13-11-9-7-2/h23-24,26-28,31-32,36,43-44,48H,6-22,25,29-30,33-35,37-42H2,1-5H3/p+1/b26-23-,28-24-,31-27-,36-32+/t43-,44?/m0/s1. The third-order valence-corrected chi connectivity index (χ3v) is 10.4. The van der Waals surface area contributed by atoms with E-state index < -0.39 is 38.9 Å². The molecule has 0 aliphatic carbocycles. The second-order valence-electron chi connectivity index (χ2n) is 16.3. The normalized spacial score (nSPS) is 14.6. The molecule has 57 heavy (non-hydrogen) atoms. The maximum Gasteiger partial charge on any atom is 0.377 e. The van der Waals surface area contributed by atoms with Gasteiger partial charge in [-0.1, -0.05) is 165 Å². The molecule has 0 bridgehead atoms. The number of rotatable bonds is 40. The van der Waals surface area contributed by atoms with Crippen molar-refractivity contribution in [2.45, 2.75) is 187 Å². The van der Waals surface area contributed by atoms with Gasteiger partial charge < -0.3 is 24.0 Å². The van der Waals surface area contributed by atoms with Crippen molar-refractivity contribution >= 4 is 20.1 Å². The molecular formula is C46H85NO9P+. The van der Waals surface area contributed by atoms with Crippen LogP contribution in [0.2, 0.25) is 0 Å². The van der Waals surface area contributed by atoms with Crippen LogP contribution in [0, 0.1) is 0 Å². The Bertz CT molecular complexity index is 1070. The number of esters is 2. The number of ether oxygens (including phenoxy) is 2. The van der Waals surface area contributed by atoms with E-state index in [2.05, 4.69) is 19.9 Å². The van der Waals surface area contributed by atoms with Crippen LogP contribution in [0.1, 0.15) is 174 Å². The molecule has 0 amide bonds. The summed E-state index contributed by atoms with van der Waals surface area (Å²) in [7, 11) is 1.40. The second kappa shape index (κ2) is 38.3.